The van der Waals surface area contributed by atoms with E-state index in [4.69, 9.17) is 9.47 Å². The van der Waals surface area contributed by atoms with Gasteiger partial charge in [-0.1, -0.05) is 49.4 Å². The molecule has 3 heterocycles. The van der Waals surface area contributed by atoms with Gasteiger partial charge in [0.05, 0.1) is 43.3 Å². The predicted molar refractivity (Wildman–Crippen MR) is 250 cm³/mol. The number of benzene rings is 4. The molecule has 0 bridgehead atoms. The highest BCUT2D eigenvalue weighted by molar-refractivity contribution is 8.03. The number of rotatable bonds is 20. The molecular weight excluding hydrogens is 861 g/mol. The Hall–Kier alpha value is -6.16. The van der Waals surface area contributed by atoms with Gasteiger partial charge in [0.15, 0.2) is 0 Å². The number of likely N-dealkylation sites (tertiary alicyclic amines) is 1. The first-order valence-electron chi connectivity index (χ1n) is 22.6. The Bertz CT molecular complexity index is 2540. The number of carbonyl (C=O) groups is 5. The van der Waals surface area contributed by atoms with Crippen molar-refractivity contribution < 1.29 is 48.8 Å². The zero-order valence-corrected chi connectivity index (χ0v) is 38.1. The standard InChI is InChI=1S/C51H56N4O10S/c1-29-44-43(30(2)56)49(59)55(44)45(51(62)63)46(29)66-39-26-41(48(58)53-37-14-7-13-36(25-37)50(60)61)54(28-39)27-33-11-5-12-35(22-33)47(57)52-20-21-65-38-15-6-10-31(23-38)8-4-9-32-16-19-42(64-3)40(24-32)34-17-18-34/h5-7,10-16,19,22-25,29-30,34,39,41,43-44,56H,4,8-9,17-18,20-21,26-28H2,1-3H3,(H,52,57)(H,53,58)(H,60,61)(H,62,63)/t29-,30-,39+,41+,43-,44?/m1/s1. The number of hydrogen-bond donors (Lipinski definition) is 5. The van der Waals surface area contributed by atoms with Crippen molar-refractivity contribution in [1.82, 2.24) is 15.1 Å². The van der Waals surface area contributed by atoms with Gasteiger partial charge in [0.1, 0.15) is 23.8 Å². The number of anilines is 1. The lowest BCUT2D eigenvalue weighted by Crippen LogP contribution is -2.63. The number of amides is 3. The summed E-state index contributed by atoms with van der Waals surface area (Å²) in [5.74, 6) is -2.12. The fraction of sp³-hybridized carbons (Fsp3) is 0.392. The summed E-state index contributed by atoms with van der Waals surface area (Å²) in [5.41, 5.74) is 5.30. The Balaban J connectivity index is 0.881. The van der Waals surface area contributed by atoms with Crippen molar-refractivity contribution in [1.29, 1.82) is 0 Å². The lowest BCUT2D eigenvalue weighted by Gasteiger charge is -2.46. The van der Waals surface area contributed by atoms with Crippen molar-refractivity contribution in [3.63, 3.8) is 0 Å². The van der Waals surface area contributed by atoms with Gasteiger partial charge in [-0.2, -0.15) is 0 Å². The number of nitrogens with one attached hydrogen (secondary N) is 2. The summed E-state index contributed by atoms with van der Waals surface area (Å²) in [6.45, 7) is 4.60. The Morgan fingerprint density at radius 3 is 2.33 bits per heavy atom. The molecule has 4 aliphatic rings. The molecule has 15 heteroatoms. The maximum Gasteiger partial charge on any atom is 0.353 e. The summed E-state index contributed by atoms with van der Waals surface area (Å²) in [4.78, 5) is 68.4. The fourth-order valence-electron chi connectivity index (χ4n) is 9.63. The first-order chi connectivity index (χ1) is 31.8. The summed E-state index contributed by atoms with van der Waals surface area (Å²) in [6.07, 6.45) is 4.73. The van der Waals surface area contributed by atoms with Gasteiger partial charge in [0.2, 0.25) is 11.8 Å². The third kappa shape index (κ3) is 10.3. The van der Waals surface area contributed by atoms with Gasteiger partial charge in [0, 0.05) is 40.4 Å². The Morgan fingerprint density at radius 2 is 1.61 bits per heavy atom. The molecule has 0 spiro atoms. The third-order valence-corrected chi connectivity index (χ3v) is 14.5. The van der Waals surface area contributed by atoms with Crippen molar-refractivity contribution in [3.8, 4) is 11.5 Å². The molecule has 2 saturated heterocycles. The summed E-state index contributed by atoms with van der Waals surface area (Å²) in [5, 5.41) is 35.7. The number of methoxy groups -OCH3 is 1. The molecule has 6 atom stereocenters. The number of thioether (sulfide) groups is 1. The van der Waals surface area contributed by atoms with Gasteiger partial charge < -0.3 is 40.3 Å². The lowest BCUT2D eigenvalue weighted by molar-refractivity contribution is -0.163. The molecular formula is C51H56N4O10S. The number of carboxylic acids is 2. The Labute approximate surface area is 388 Å². The van der Waals surface area contributed by atoms with Crippen LogP contribution in [0.1, 0.15) is 88.4 Å². The summed E-state index contributed by atoms with van der Waals surface area (Å²) in [6, 6.07) is 26.5. The average Bonchev–Trinajstić information content (AvgIpc) is 4.02. The minimum absolute atomic E-state index is 0.0209. The zero-order chi connectivity index (χ0) is 46.6. The Morgan fingerprint density at radius 1 is 0.879 bits per heavy atom. The van der Waals surface area contributed by atoms with Crippen molar-refractivity contribution in [2.45, 2.75) is 88.3 Å². The molecule has 3 amide bonds. The molecule has 8 rings (SSSR count). The molecule has 1 aliphatic carbocycles. The quantitative estimate of drug-likeness (QED) is 0.0465. The monoisotopic (exact) mass is 916 g/mol. The van der Waals surface area contributed by atoms with Crippen LogP contribution in [0.25, 0.3) is 0 Å². The highest BCUT2D eigenvalue weighted by Gasteiger charge is 2.60. The maximum absolute atomic E-state index is 14.0. The number of nitrogens with zero attached hydrogens (tertiary/aromatic N) is 2. The van der Waals surface area contributed by atoms with Gasteiger partial charge >= 0.3 is 11.9 Å². The molecule has 0 aromatic heterocycles. The number of β-lactam (4-membered cyclic amide) rings is 1. The molecule has 1 saturated carbocycles. The summed E-state index contributed by atoms with van der Waals surface area (Å²) in [7, 11) is 1.73. The summed E-state index contributed by atoms with van der Waals surface area (Å²) >= 11 is 1.34. The number of ether oxygens (including phenoxy) is 2. The van der Waals surface area contributed by atoms with Crippen LogP contribution < -0.4 is 20.1 Å². The van der Waals surface area contributed by atoms with Crippen molar-refractivity contribution >= 4 is 47.1 Å². The molecule has 66 heavy (non-hydrogen) atoms. The highest BCUT2D eigenvalue weighted by Crippen LogP contribution is 2.52. The third-order valence-electron chi connectivity index (χ3n) is 13.0. The van der Waals surface area contributed by atoms with Crippen LogP contribution in [0.3, 0.4) is 0 Å². The van der Waals surface area contributed by atoms with Crippen molar-refractivity contribution in [2.24, 2.45) is 11.8 Å². The summed E-state index contributed by atoms with van der Waals surface area (Å²) < 4.78 is 11.6. The van der Waals surface area contributed by atoms with E-state index < -0.39 is 42.0 Å². The van der Waals surface area contributed by atoms with E-state index in [1.807, 2.05) is 36.1 Å². The SMILES string of the molecule is COc1ccc(CCCc2cccc(OCCNC(=O)c3cccc(CN4C[C@@H](SC5=C(C(=O)O)N6C(=O)[C@H]([C@@H](C)O)C6[C@H]5C)C[C@H]4C(=O)Nc4cccc(C(=O)O)c4)c3)c2)cc1C1CC1. The number of aliphatic hydroxyl groups excluding tert-OH is 1. The topological polar surface area (TPSA) is 195 Å². The maximum atomic E-state index is 14.0. The van der Waals surface area contributed by atoms with Crippen LogP contribution in [0, 0.1) is 11.8 Å². The minimum Gasteiger partial charge on any atom is -0.496 e. The van der Waals surface area contributed by atoms with E-state index in [9.17, 15) is 39.3 Å². The molecule has 3 aliphatic heterocycles. The van der Waals surface area contributed by atoms with Crippen LogP contribution in [0.4, 0.5) is 5.69 Å². The van der Waals surface area contributed by atoms with Crippen LogP contribution >= 0.6 is 11.8 Å². The number of aliphatic hydroxyl groups is 1. The number of carboxylic acid groups (broad SMARTS) is 2. The molecule has 14 nitrogen and oxygen atoms in total. The molecule has 4 aromatic rings. The van der Waals surface area contributed by atoms with Gasteiger partial charge in [0.25, 0.3) is 5.91 Å². The first-order valence-corrected chi connectivity index (χ1v) is 23.5. The number of carbonyl (C=O) groups excluding carboxylic acids is 3. The average molecular weight is 917 g/mol. The van der Waals surface area contributed by atoms with E-state index in [-0.39, 0.29) is 53.9 Å². The first kappa shape index (κ1) is 46.4. The van der Waals surface area contributed by atoms with Gasteiger partial charge in [-0.05, 0) is 122 Å². The number of aryl methyl sites for hydroxylation is 2. The fourth-order valence-corrected chi connectivity index (χ4v) is 11.2. The molecule has 3 fully saturated rings. The second kappa shape index (κ2) is 20.1. The molecule has 4 aromatic carbocycles. The van der Waals surface area contributed by atoms with Crippen LogP contribution in [-0.4, -0.2) is 105 Å². The normalized spacial score (nSPS) is 21.8. The smallest absolute Gasteiger partial charge is 0.353 e. The minimum atomic E-state index is -1.23. The molecule has 346 valence electrons. The molecule has 1 unspecified atom stereocenters. The van der Waals surface area contributed by atoms with Crippen LogP contribution in [0.15, 0.2) is 102 Å². The molecule has 0 radical (unpaired) electrons. The second-order valence-corrected chi connectivity index (χ2v) is 19.1. The van der Waals surface area contributed by atoms with Crippen LogP contribution in [-0.2, 0) is 33.8 Å². The van der Waals surface area contributed by atoms with E-state index in [0.717, 1.165) is 36.3 Å². The van der Waals surface area contributed by atoms with Crippen molar-refractivity contribution in [2.75, 3.05) is 32.1 Å². The van der Waals surface area contributed by atoms with Gasteiger partial charge in [-0.25, -0.2) is 9.59 Å². The van der Waals surface area contributed by atoms with E-state index in [1.165, 1.54) is 65.3 Å². The van der Waals surface area contributed by atoms with E-state index in [0.29, 0.717) is 35.0 Å². The van der Waals surface area contributed by atoms with Gasteiger partial charge in [-0.3, -0.25) is 19.3 Å². The number of hydrogen-bond acceptors (Lipinski definition) is 10. The molecule has 5 N–H and O–H groups in total. The largest absolute Gasteiger partial charge is 0.496 e. The highest BCUT2D eigenvalue weighted by atomic mass is 32.2. The second-order valence-electron chi connectivity index (χ2n) is 17.7. The lowest BCUT2D eigenvalue weighted by atomic mass is 9.79. The van der Waals surface area contributed by atoms with E-state index >= 15 is 0 Å². The number of aromatic carboxylic acids is 1. The predicted octanol–water partition coefficient (Wildman–Crippen LogP) is 6.72. The number of fused-ring (bicyclic) bond motifs is 1. The van der Waals surface area contributed by atoms with Crippen LogP contribution in [0.2, 0.25) is 0 Å². The van der Waals surface area contributed by atoms with Crippen LogP contribution in [0.5, 0.6) is 11.5 Å². The zero-order valence-electron chi connectivity index (χ0n) is 37.3. The number of aliphatic carboxylic acids is 1. The van der Waals surface area contributed by atoms with E-state index in [2.05, 4.69) is 34.9 Å². The van der Waals surface area contributed by atoms with Crippen molar-refractivity contribution in [3.05, 3.63) is 135 Å². The van der Waals surface area contributed by atoms with E-state index in [1.54, 1.807) is 37.4 Å². The Kier molecular flexibility index (Phi) is 14.2. The van der Waals surface area contributed by atoms with Gasteiger partial charge in [-0.15, -0.1) is 11.8 Å².